The second kappa shape index (κ2) is 6.68. The second-order valence-corrected chi connectivity index (χ2v) is 8.52. The van der Waals surface area contributed by atoms with Crippen molar-refractivity contribution in [3.8, 4) is 0 Å². The first-order valence-electron chi connectivity index (χ1n) is 7.50. The van der Waals surface area contributed by atoms with Gasteiger partial charge in [-0.3, -0.25) is 4.90 Å². The molecule has 2 aromatic rings. The zero-order valence-electron chi connectivity index (χ0n) is 12.8. The van der Waals surface area contributed by atoms with Crippen LogP contribution in [0.2, 0.25) is 0 Å². The van der Waals surface area contributed by atoms with E-state index in [1.54, 1.807) is 11.3 Å². The maximum Gasteiger partial charge on any atom is 0.240 e. The van der Waals surface area contributed by atoms with Gasteiger partial charge in [-0.15, -0.1) is 11.3 Å². The van der Waals surface area contributed by atoms with Crippen molar-refractivity contribution in [3.05, 3.63) is 52.0 Å². The summed E-state index contributed by atoms with van der Waals surface area (Å²) in [5.74, 6) is -0.554. The Morgan fingerprint density at radius 2 is 2.22 bits per heavy atom. The highest BCUT2D eigenvalue weighted by atomic mass is 32.2. The quantitative estimate of drug-likeness (QED) is 0.898. The molecule has 3 rings (SSSR count). The van der Waals surface area contributed by atoms with Crippen molar-refractivity contribution in [1.29, 1.82) is 0 Å². The highest BCUT2D eigenvalue weighted by molar-refractivity contribution is 7.89. The number of thiophene rings is 1. The number of rotatable bonds is 5. The fraction of sp³-hybridized carbons (Fsp3) is 0.375. The molecule has 1 atom stereocenters. The number of benzene rings is 1. The summed E-state index contributed by atoms with van der Waals surface area (Å²) in [4.78, 5) is 3.65. The van der Waals surface area contributed by atoms with Crippen LogP contribution in [0.5, 0.6) is 0 Å². The molecule has 23 heavy (non-hydrogen) atoms. The third kappa shape index (κ3) is 3.80. The van der Waals surface area contributed by atoms with Gasteiger partial charge in [0.1, 0.15) is 5.82 Å². The molecule has 1 N–H and O–H groups in total. The van der Waals surface area contributed by atoms with Gasteiger partial charge >= 0.3 is 0 Å². The van der Waals surface area contributed by atoms with E-state index in [9.17, 15) is 12.8 Å². The van der Waals surface area contributed by atoms with Crippen LogP contribution in [0.15, 0.2) is 40.6 Å². The minimum absolute atomic E-state index is 0.0385. The molecule has 1 aromatic heterocycles. The average molecular weight is 354 g/mol. The molecule has 4 nitrogen and oxygen atoms in total. The van der Waals surface area contributed by atoms with Gasteiger partial charge in [0.15, 0.2) is 0 Å². The van der Waals surface area contributed by atoms with Crippen LogP contribution in [0.25, 0.3) is 0 Å². The molecule has 1 aliphatic rings. The second-order valence-electron chi connectivity index (χ2n) is 5.75. The Bertz CT molecular complexity index is 789. The van der Waals surface area contributed by atoms with Crippen molar-refractivity contribution >= 4 is 21.4 Å². The van der Waals surface area contributed by atoms with Crippen LogP contribution in [-0.2, 0) is 23.0 Å². The maximum absolute atomic E-state index is 13.2. The van der Waals surface area contributed by atoms with Crippen LogP contribution in [0, 0.1) is 5.82 Å². The van der Waals surface area contributed by atoms with E-state index in [1.165, 1.54) is 28.6 Å². The van der Waals surface area contributed by atoms with Crippen molar-refractivity contribution in [2.75, 3.05) is 13.1 Å². The van der Waals surface area contributed by atoms with Crippen LogP contribution >= 0.6 is 11.3 Å². The third-order valence-electron chi connectivity index (χ3n) is 4.14. The summed E-state index contributed by atoms with van der Waals surface area (Å²) in [7, 11) is -3.68. The lowest BCUT2D eigenvalue weighted by Crippen LogP contribution is -2.44. The van der Waals surface area contributed by atoms with E-state index in [0.29, 0.717) is 6.54 Å². The monoisotopic (exact) mass is 354 g/mol. The summed E-state index contributed by atoms with van der Waals surface area (Å²) in [6, 6.07) is 7.27. The van der Waals surface area contributed by atoms with E-state index < -0.39 is 15.8 Å². The number of halogens is 1. The molecule has 1 aromatic carbocycles. The Balaban J connectivity index is 1.62. The Labute approximate surface area is 140 Å². The summed E-state index contributed by atoms with van der Waals surface area (Å²) in [5.41, 5.74) is 1.33. The van der Waals surface area contributed by atoms with Gasteiger partial charge in [0.2, 0.25) is 10.0 Å². The molecule has 0 spiro atoms. The lowest BCUT2D eigenvalue weighted by atomic mass is 10.1. The average Bonchev–Trinajstić information content (AvgIpc) is 3.00. The molecule has 1 aliphatic heterocycles. The van der Waals surface area contributed by atoms with E-state index >= 15 is 0 Å². The van der Waals surface area contributed by atoms with Crippen LogP contribution in [-0.4, -0.2) is 32.4 Å². The predicted octanol–water partition coefficient (Wildman–Crippen LogP) is 2.61. The Morgan fingerprint density at radius 1 is 1.39 bits per heavy atom. The standard InChI is InChI=1S/C16H19FN2O2S2/c1-12(19-7-5-16-13(11-19)6-8-22-16)10-18-23(20,21)15-4-2-3-14(17)9-15/h2-4,6,8-9,12,18H,5,7,10-11H2,1H3/t12-/m0/s1. The third-order valence-corrected chi connectivity index (χ3v) is 6.58. The van der Waals surface area contributed by atoms with Gasteiger partial charge in [0.05, 0.1) is 4.90 Å². The normalized spacial score (nSPS) is 17.0. The van der Waals surface area contributed by atoms with Gasteiger partial charge in [-0.2, -0.15) is 0 Å². The van der Waals surface area contributed by atoms with E-state index in [4.69, 9.17) is 0 Å². The van der Waals surface area contributed by atoms with Crippen molar-refractivity contribution in [2.24, 2.45) is 0 Å². The highest BCUT2D eigenvalue weighted by Gasteiger charge is 2.23. The summed E-state index contributed by atoms with van der Waals surface area (Å²) < 4.78 is 40.2. The fourth-order valence-electron chi connectivity index (χ4n) is 2.72. The van der Waals surface area contributed by atoms with Gasteiger partial charge in [-0.1, -0.05) is 6.07 Å². The molecular weight excluding hydrogens is 335 g/mol. The molecule has 0 unspecified atom stereocenters. The molecular formula is C16H19FN2O2S2. The summed E-state index contributed by atoms with van der Waals surface area (Å²) in [6.45, 7) is 4.09. The van der Waals surface area contributed by atoms with E-state index in [-0.39, 0.29) is 10.9 Å². The van der Waals surface area contributed by atoms with Crippen LogP contribution in [0.4, 0.5) is 4.39 Å². The first-order valence-corrected chi connectivity index (χ1v) is 9.86. The van der Waals surface area contributed by atoms with Crippen molar-refractivity contribution < 1.29 is 12.8 Å². The molecule has 0 saturated carbocycles. The number of nitrogens with zero attached hydrogens (tertiary/aromatic N) is 1. The highest BCUT2D eigenvalue weighted by Crippen LogP contribution is 2.25. The van der Waals surface area contributed by atoms with E-state index in [2.05, 4.69) is 21.1 Å². The smallest absolute Gasteiger partial charge is 0.240 e. The zero-order chi connectivity index (χ0) is 16.4. The first kappa shape index (κ1) is 16.6. The molecule has 124 valence electrons. The first-order chi connectivity index (χ1) is 11.0. The number of sulfonamides is 1. The van der Waals surface area contributed by atoms with Crippen molar-refractivity contribution in [1.82, 2.24) is 9.62 Å². The van der Waals surface area contributed by atoms with E-state index in [1.807, 2.05) is 6.92 Å². The SMILES string of the molecule is C[C@@H](CNS(=O)(=O)c1cccc(F)c1)N1CCc2sccc2C1. The number of hydrogen-bond donors (Lipinski definition) is 1. The molecule has 7 heteroatoms. The molecule has 0 saturated heterocycles. The summed E-state index contributed by atoms with van der Waals surface area (Å²) >= 11 is 1.78. The summed E-state index contributed by atoms with van der Waals surface area (Å²) in [6.07, 6.45) is 1.01. The predicted molar refractivity (Wildman–Crippen MR) is 89.5 cm³/mol. The van der Waals surface area contributed by atoms with Gasteiger partial charge in [-0.25, -0.2) is 17.5 Å². The van der Waals surface area contributed by atoms with Gasteiger partial charge in [0.25, 0.3) is 0 Å². The van der Waals surface area contributed by atoms with Crippen LogP contribution < -0.4 is 4.72 Å². The van der Waals surface area contributed by atoms with Crippen LogP contribution in [0.3, 0.4) is 0 Å². The largest absolute Gasteiger partial charge is 0.295 e. The summed E-state index contributed by atoms with van der Waals surface area (Å²) in [5, 5.41) is 2.10. The minimum Gasteiger partial charge on any atom is -0.295 e. The van der Waals surface area contributed by atoms with Gasteiger partial charge in [-0.05, 0) is 48.6 Å². The molecule has 0 aliphatic carbocycles. The topological polar surface area (TPSA) is 49.4 Å². The fourth-order valence-corrected chi connectivity index (χ4v) is 4.77. The number of hydrogen-bond acceptors (Lipinski definition) is 4. The number of nitrogens with one attached hydrogen (secondary N) is 1. The molecule has 0 fully saturated rings. The lowest BCUT2D eigenvalue weighted by molar-refractivity contribution is 0.193. The Kier molecular flexibility index (Phi) is 4.82. The molecule has 0 radical (unpaired) electrons. The maximum atomic E-state index is 13.2. The molecule has 0 bridgehead atoms. The number of fused-ring (bicyclic) bond motifs is 1. The van der Waals surface area contributed by atoms with Gasteiger partial charge in [0, 0.05) is 30.6 Å². The van der Waals surface area contributed by atoms with Crippen LogP contribution in [0.1, 0.15) is 17.4 Å². The zero-order valence-corrected chi connectivity index (χ0v) is 14.5. The Morgan fingerprint density at radius 3 is 3.00 bits per heavy atom. The minimum atomic E-state index is -3.68. The lowest BCUT2D eigenvalue weighted by Gasteiger charge is -2.32. The Hall–Kier alpha value is -1.28. The molecule has 2 heterocycles. The van der Waals surface area contributed by atoms with E-state index in [0.717, 1.165) is 25.6 Å². The van der Waals surface area contributed by atoms with Gasteiger partial charge < -0.3 is 0 Å². The van der Waals surface area contributed by atoms with Crippen molar-refractivity contribution in [3.63, 3.8) is 0 Å². The molecule has 0 amide bonds. The van der Waals surface area contributed by atoms with Crippen molar-refractivity contribution in [2.45, 2.75) is 30.8 Å².